The highest BCUT2D eigenvalue weighted by Gasteiger charge is 2.24. The second kappa shape index (κ2) is 2.83. The van der Waals surface area contributed by atoms with Crippen molar-refractivity contribution in [3.8, 4) is 0 Å². The summed E-state index contributed by atoms with van der Waals surface area (Å²) in [5.74, 6) is -0.903. The molecule has 0 aliphatic carbocycles. The molecular weight excluding hydrogens is 160 g/mol. The van der Waals surface area contributed by atoms with Crippen molar-refractivity contribution in [3.05, 3.63) is 35.4 Å². The molecule has 3 heteroatoms. The monoisotopic (exact) mass is 169 g/mol. The molecule has 1 aliphatic rings. The molecule has 1 unspecified atom stereocenters. The van der Waals surface area contributed by atoms with Gasteiger partial charge < -0.3 is 5.32 Å². The van der Waals surface area contributed by atoms with Crippen molar-refractivity contribution in [2.75, 3.05) is 6.54 Å². The molecular formula is C9H9F2N. The van der Waals surface area contributed by atoms with E-state index < -0.39 is 11.6 Å². The van der Waals surface area contributed by atoms with Gasteiger partial charge in [-0.1, -0.05) is 6.07 Å². The maximum Gasteiger partial charge on any atom is 0.130 e. The summed E-state index contributed by atoms with van der Waals surface area (Å²) in [5.41, 5.74) is 0.184. The SMILES string of the molecule is Fc1cccc(F)c1C1CCN1. The summed E-state index contributed by atoms with van der Waals surface area (Å²) in [6.07, 6.45) is 0.817. The van der Waals surface area contributed by atoms with E-state index in [2.05, 4.69) is 5.32 Å². The molecule has 1 heterocycles. The highest BCUT2D eigenvalue weighted by molar-refractivity contribution is 5.24. The molecule has 1 aliphatic heterocycles. The first-order chi connectivity index (χ1) is 5.79. The quantitative estimate of drug-likeness (QED) is 0.678. The Kier molecular flexibility index (Phi) is 1.81. The largest absolute Gasteiger partial charge is 0.310 e. The molecule has 1 saturated heterocycles. The van der Waals surface area contributed by atoms with Crippen LogP contribution >= 0.6 is 0 Å². The van der Waals surface area contributed by atoms with Crippen LogP contribution in [0, 0.1) is 11.6 Å². The molecule has 1 atom stereocenters. The minimum atomic E-state index is -0.452. The smallest absolute Gasteiger partial charge is 0.130 e. The highest BCUT2D eigenvalue weighted by Crippen LogP contribution is 2.27. The van der Waals surface area contributed by atoms with Gasteiger partial charge >= 0.3 is 0 Å². The summed E-state index contributed by atoms with van der Waals surface area (Å²) < 4.78 is 26.1. The first-order valence-electron chi connectivity index (χ1n) is 3.96. The zero-order valence-corrected chi connectivity index (χ0v) is 6.48. The third-order valence-corrected chi connectivity index (χ3v) is 2.17. The summed E-state index contributed by atoms with van der Waals surface area (Å²) in [7, 11) is 0. The standard InChI is InChI=1S/C9H9F2N/c10-6-2-1-3-7(11)9(6)8-4-5-12-8/h1-3,8,12H,4-5H2. The Balaban J connectivity index is 2.39. The van der Waals surface area contributed by atoms with Crippen LogP contribution < -0.4 is 5.32 Å². The average Bonchev–Trinajstić information content (AvgIpc) is 1.93. The Bertz CT molecular complexity index is 274. The van der Waals surface area contributed by atoms with E-state index in [4.69, 9.17) is 0 Å². The average molecular weight is 169 g/mol. The first-order valence-corrected chi connectivity index (χ1v) is 3.96. The van der Waals surface area contributed by atoms with Gasteiger partial charge in [-0.2, -0.15) is 0 Å². The number of nitrogens with one attached hydrogen (secondary N) is 1. The summed E-state index contributed by atoms with van der Waals surface area (Å²) in [6.45, 7) is 0.846. The van der Waals surface area contributed by atoms with E-state index in [9.17, 15) is 8.78 Å². The fourth-order valence-corrected chi connectivity index (χ4v) is 1.38. The second-order valence-electron chi connectivity index (χ2n) is 2.93. The maximum atomic E-state index is 13.0. The van der Waals surface area contributed by atoms with Crippen molar-refractivity contribution in [1.29, 1.82) is 0 Å². The Morgan fingerprint density at radius 3 is 2.25 bits per heavy atom. The molecule has 1 aromatic rings. The van der Waals surface area contributed by atoms with Gasteiger partial charge in [0.15, 0.2) is 0 Å². The minimum absolute atomic E-state index is 0.119. The predicted molar refractivity (Wildman–Crippen MR) is 41.7 cm³/mol. The van der Waals surface area contributed by atoms with Gasteiger partial charge in [0.05, 0.1) is 0 Å². The Morgan fingerprint density at radius 2 is 1.83 bits per heavy atom. The molecule has 0 saturated carbocycles. The highest BCUT2D eigenvalue weighted by atomic mass is 19.1. The molecule has 64 valence electrons. The van der Waals surface area contributed by atoms with Crippen LogP contribution in [0.25, 0.3) is 0 Å². The van der Waals surface area contributed by atoms with Gasteiger partial charge in [0.2, 0.25) is 0 Å². The molecule has 1 fully saturated rings. The topological polar surface area (TPSA) is 12.0 Å². The Morgan fingerprint density at radius 1 is 1.25 bits per heavy atom. The van der Waals surface area contributed by atoms with Gasteiger partial charge in [-0.25, -0.2) is 8.78 Å². The van der Waals surface area contributed by atoms with E-state index in [0.717, 1.165) is 13.0 Å². The third kappa shape index (κ3) is 1.10. The molecule has 12 heavy (non-hydrogen) atoms. The molecule has 0 aromatic heterocycles. The number of benzene rings is 1. The summed E-state index contributed by atoms with van der Waals surface area (Å²) in [6, 6.07) is 3.84. The van der Waals surface area contributed by atoms with Crippen LogP contribution in [0.3, 0.4) is 0 Å². The van der Waals surface area contributed by atoms with Crippen molar-refractivity contribution in [3.63, 3.8) is 0 Å². The van der Waals surface area contributed by atoms with Gasteiger partial charge in [0.1, 0.15) is 11.6 Å². The molecule has 2 rings (SSSR count). The number of hydrogen-bond acceptors (Lipinski definition) is 1. The van der Waals surface area contributed by atoms with Crippen LogP contribution in [0.15, 0.2) is 18.2 Å². The molecule has 0 amide bonds. The zero-order valence-electron chi connectivity index (χ0n) is 6.48. The molecule has 1 aromatic carbocycles. The van der Waals surface area contributed by atoms with Crippen molar-refractivity contribution in [2.24, 2.45) is 0 Å². The van der Waals surface area contributed by atoms with Gasteiger partial charge in [0, 0.05) is 11.6 Å². The van der Waals surface area contributed by atoms with Crippen molar-refractivity contribution >= 4 is 0 Å². The van der Waals surface area contributed by atoms with E-state index in [1.165, 1.54) is 18.2 Å². The van der Waals surface area contributed by atoms with Crippen LogP contribution in [0.4, 0.5) is 8.78 Å². The van der Waals surface area contributed by atoms with Gasteiger partial charge in [-0.15, -0.1) is 0 Å². The van der Waals surface area contributed by atoms with E-state index in [0.29, 0.717) is 0 Å². The van der Waals surface area contributed by atoms with Crippen LogP contribution in [-0.2, 0) is 0 Å². The molecule has 0 bridgehead atoms. The molecule has 1 nitrogen and oxygen atoms in total. The lowest BCUT2D eigenvalue weighted by Crippen LogP contribution is -2.36. The van der Waals surface area contributed by atoms with E-state index >= 15 is 0 Å². The minimum Gasteiger partial charge on any atom is -0.310 e. The second-order valence-corrected chi connectivity index (χ2v) is 2.93. The molecule has 1 N–H and O–H groups in total. The summed E-state index contributed by atoms with van der Waals surface area (Å²) in [4.78, 5) is 0. The van der Waals surface area contributed by atoms with Crippen LogP contribution in [0.1, 0.15) is 18.0 Å². The third-order valence-electron chi connectivity index (χ3n) is 2.17. The van der Waals surface area contributed by atoms with Crippen LogP contribution in [0.2, 0.25) is 0 Å². The maximum absolute atomic E-state index is 13.0. The van der Waals surface area contributed by atoms with Crippen molar-refractivity contribution in [1.82, 2.24) is 5.32 Å². The Labute approximate surface area is 69.4 Å². The fraction of sp³-hybridized carbons (Fsp3) is 0.333. The van der Waals surface area contributed by atoms with Gasteiger partial charge in [-0.3, -0.25) is 0 Å². The van der Waals surface area contributed by atoms with E-state index in [-0.39, 0.29) is 11.6 Å². The summed E-state index contributed by atoms with van der Waals surface area (Å²) in [5, 5.41) is 2.96. The van der Waals surface area contributed by atoms with Crippen molar-refractivity contribution in [2.45, 2.75) is 12.5 Å². The zero-order chi connectivity index (χ0) is 8.55. The van der Waals surface area contributed by atoms with E-state index in [1.54, 1.807) is 0 Å². The summed E-state index contributed by atoms with van der Waals surface area (Å²) >= 11 is 0. The van der Waals surface area contributed by atoms with Gasteiger partial charge in [-0.05, 0) is 25.1 Å². The predicted octanol–water partition coefficient (Wildman–Crippen LogP) is 2.00. The number of hydrogen-bond donors (Lipinski definition) is 1. The number of rotatable bonds is 1. The van der Waals surface area contributed by atoms with Gasteiger partial charge in [0.25, 0.3) is 0 Å². The van der Waals surface area contributed by atoms with Crippen LogP contribution in [0.5, 0.6) is 0 Å². The lowest BCUT2D eigenvalue weighted by Gasteiger charge is -2.28. The lowest BCUT2D eigenvalue weighted by molar-refractivity contribution is 0.356. The lowest BCUT2D eigenvalue weighted by atomic mass is 9.97. The normalized spacial score (nSPS) is 22.0. The molecule has 0 spiro atoms. The fourth-order valence-electron chi connectivity index (χ4n) is 1.38. The van der Waals surface area contributed by atoms with E-state index in [1.807, 2.05) is 0 Å². The Hall–Kier alpha value is -0.960. The van der Waals surface area contributed by atoms with Crippen molar-refractivity contribution < 1.29 is 8.78 Å². The number of halogens is 2. The molecule has 0 radical (unpaired) electrons. The first kappa shape index (κ1) is 7.68. The van der Waals surface area contributed by atoms with Crippen LogP contribution in [-0.4, -0.2) is 6.54 Å².